The largest absolute Gasteiger partial charge is 0.352 e. The van der Waals surface area contributed by atoms with Gasteiger partial charge in [0, 0.05) is 31.1 Å². The number of para-hydroxylation sites is 1. The molecule has 1 amide bonds. The van der Waals surface area contributed by atoms with E-state index in [2.05, 4.69) is 15.0 Å². The molecule has 0 aliphatic heterocycles. The van der Waals surface area contributed by atoms with Crippen molar-refractivity contribution >= 4 is 26.8 Å². The summed E-state index contributed by atoms with van der Waals surface area (Å²) >= 11 is 0. The minimum atomic E-state index is -3.71. The number of fused-ring (bicyclic) bond motifs is 1. The van der Waals surface area contributed by atoms with Crippen LogP contribution in [-0.2, 0) is 21.4 Å². The van der Waals surface area contributed by atoms with Gasteiger partial charge in [0.1, 0.15) is 4.90 Å². The van der Waals surface area contributed by atoms with Gasteiger partial charge in [-0.15, -0.1) is 0 Å². The van der Waals surface area contributed by atoms with Gasteiger partial charge in [-0.25, -0.2) is 13.1 Å². The third-order valence-electron chi connectivity index (χ3n) is 3.85. The Balaban J connectivity index is 1.53. The smallest absolute Gasteiger partial charge is 0.242 e. The maximum atomic E-state index is 12.4. The highest BCUT2D eigenvalue weighted by Crippen LogP contribution is 2.16. The SMILES string of the molecule is O=C(CCNS(=O)(=O)c1cnc2ccccc2c1)NCc1ccccc1. The second kappa shape index (κ2) is 8.07. The lowest BCUT2D eigenvalue weighted by atomic mass is 10.2. The Hall–Kier alpha value is -2.77. The minimum absolute atomic E-state index is 0.0236. The number of hydrogen-bond donors (Lipinski definition) is 2. The third-order valence-corrected chi connectivity index (χ3v) is 5.28. The van der Waals surface area contributed by atoms with Crippen LogP contribution in [0, 0.1) is 0 Å². The van der Waals surface area contributed by atoms with E-state index in [1.165, 1.54) is 6.20 Å². The fourth-order valence-electron chi connectivity index (χ4n) is 2.46. The molecule has 1 aromatic heterocycles. The average Bonchev–Trinajstić information content (AvgIpc) is 2.66. The molecule has 2 aromatic carbocycles. The van der Waals surface area contributed by atoms with E-state index in [1.807, 2.05) is 48.5 Å². The Morgan fingerprint density at radius 1 is 1.00 bits per heavy atom. The molecule has 3 rings (SSSR count). The molecule has 26 heavy (non-hydrogen) atoms. The number of nitrogens with zero attached hydrogens (tertiary/aromatic N) is 1. The van der Waals surface area contributed by atoms with E-state index in [0.717, 1.165) is 16.5 Å². The fourth-order valence-corrected chi connectivity index (χ4v) is 3.48. The van der Waals surface area contributed by atoms with Gasteiger partial charge in [-0.05, 0) is 17.7 Å². The van der Waals surface area contributed by atoms with Crippen molar-refractivity contribution in [3.8, 4) is 0 Å². The van der Waals surface area contributed by atoms with Crippen LogP contribution in [0.4, 0.5) is 0 Å². The monoisotopic (exact) mass is 369 g/mol. The summed E-state index contributed by atoms with van der Waals surface area (Å²) < 4.78 is 27.1. The first-order valence-corrected chi connectivity index (χ1v) is 9.68. The van der Waals surface area contributed by atoms with Crippen LogP contribution < -0.4 is 10.0 Å². The molecule has 134 valence electrons. The standard InChI is InChI=1S/C19H19N3O3S/c23-19(21-13-15-6-2-1-3-7-15)10-11-22-26(24,25)17-12-16-8-4-5-9-18(16)20-14-17/h1-9,12,14,22H,10-11,13H2,(H,21,23). The molecule has 0 aliphatic carbocycles. The summed E-state index contributed by atoms with van der Waals surface area (Å²) in [5, 5.41) is 3.51. The second-order valence-corrected chi connectivity index (χ2v) is 7.54. The molecular weight excluding hydrogens is 350 g/mol. The van der Waals surface area contributed by atoms with Crippen molar-refractivity contribution in [2.75, 3.05) is 6.54 Å². The number of hydrogen-bond acceptors (Lipinski definition) is 4. The summed E-state index contributed by atoms with van der Waals surface area (Å²) in [4.78, 5) is 16.1. The Labute approximate surface area is 152 Å². The van der Waals surface area contributed by atoms with Gasteiger partial charge in [0.25, 0.3) is 0 Å². The second-order valence-electron chi connectivity index (χ2n) is 5.77. The topological polar surface area (TPSA) is 88.2 Å². The normalized spacial score (nSPS) is 11.4. The van der Waals surface area contributed by atoms with Gasteiger partial charge in [0.15, 0.2) is 0 Å². The van der Waals surface area contributed by atoms with Crippen molar-refractivity contribution in [1.29, 1.82) is 0 Å². The number of rotatable bonds is 7. The lowest BCUT2D eigenvalue weighted by Gasteiger charge is -2.08. The van der Waals surface area contributed by atoms with Gasteiger partial charge in [0.2, 0.25) is 15.9 Å². The van der Waals surface area contributed by atoms with Crippen molar-refractivity contribution in [3.63, 3.8) is 0 Å². The molecule has 0 unspecified atom stereocenters. The van der Waals surface area contributed by atoms with Crippen LogP contribution in [0.3, 0.4) is 0 Å². The van der Waals surface area contributed by atoms with Crippen LogP contribution in [0.1, 0.15) is 12.0 Å². The van der Waals surface area contributed by atoms with Crippen LogP contribution in [0.15, 0.2) is 71.8 Å². The highest BCUT2D eigenvalue weighted by Gasteiger charge is 2.15. The first-order chi connectivity index (χ1) is 12.5. The number of benzene rings is 2. The predicted octanol–water partition coefficient (Wildman–Crippen LogP) is 2.22. The summed E-state index contributed by atoms with van der Waals surface area (Å²) in [6, 6.07) is 18.4. The lowest BCUT2D eigenvalue weighted by Crippen LogP contribution is -2.30. The van der Waals surface area contributed by atoms with Crippen molar-refractivity contribution in [1.82, 2.24) is 15.0 Å². The molecule has 0 saturated carbocycles. The number of aromatic nitrogens is 1. The van der Waals surface area contributed by atoms with Gasteiger partial charge in [0.05, 0.1) is 5.52 Å². The molecule has 3 aromatic rings. The number of pyridine rings is 1. The summed E-state index contributed by atoms with van der Waals surface area (Å²) in [5.41, 5.74) is 1.72. The molecule has 1 heterocycles. The Kier molecular flexibility index (Phi) is 5.60. The van der Waals surface area contributed by atoms with Gasteiger partial charge in [-0.2, -0.15) is 0 Å². The van der Waals surface area contributed by atoms with Gasteiger partial charge in [-0.1, -0.05) is 48.5 Å². The van der Waals surface area contributed by atoms with Gasteiger partial charge in [-0.3, -0.25) is 9.78 Å². The van der Waals surface area contributed by atoms with E-state index >= 15 is 0 Å². The van der Waals surface area contributed by atoms with Crippen LogP contribution >= 0.6 is 0 Å². The molecule has 7 heteroatoms. The van der Waals surface area contributed by atoms with Crippen LogP contribution in [-0.4, -0.2) is 25.9 Å². The molecule has 0 spiro atoms. The molecule has 2 N–H and O–H groups in total. The van der Waals surface area contributed by atoms with E-state index in [0.29, 0.717) is 6.54 Å². The maximum Gasteiger partial charge on any atom is 0.242 e. The molecule has 0 saturated heterocycles. The number of nitrogens with one attached hydrogen (secondary N) is 2. The fraction of sp³-hybridized carbons (Fsp3) is 0.158. The zero-order chi connectivity index (χ0) is 18.4. The molecule has 0 atom stereocenters. The van der Waals surface area contributed by atoms with Crippen LogP contribution in [0.25, 0.3) is 10.9 Å². The Morgan fingerprint density at radius 3 is 2.54 bits per heavy atom. The van der Waals surface area contributed by atoms with E-state index < -0.39 is 10.0 Å². The van der Waals surface area contributed by atoms with E-state index in [4.69, 9.17) is 0 Å². The molecular formula is C19H19N3O3S. The summed E-state index contributed by atoms with van der Waals surface area (Å²) in [7, 11) is -3.71. The third kappa shape index (κ3) is 4.65. The summed E-state index contributed by atoms with van der Waals surface area (Å²) in [5.74, 6) is -0.215. The minimum Gasteiger partial charge on any atom is -0.352 e. The van der Waals surface area contributed by atoms with E-state index in [-0.39, 0.29) is 23.8 Å². The van der Waals surface area contributed by atoms with Crippen LogP contribution in [0.5, 0.6) is 0 Å². The highest BCUT2D eigenvalue weighted by atomic mass is 32.2. The Bertz CT molecular complexity index is 1000. The lowest BCUT2D eigenvalue weighted by molar-refractivity contribution is -0.121. The molecule has 6 nitrogen and oxygen atoms in total. The molecule has 0 fully saturated rings. The quantitative estimate of drug-likeness (QED) is 0.668. The van der Waals surface area contributed by atoms with Gasteiger partial charge < -0.3 is 5.32 Å². The summed E-state index contributed by atoms with van der Waals surface area (Å²) in [6.07, 6.45) is 1.38. The molecule has 0 radical (unpaired) electrons. The number of amides is 1. The predicted molar refractivity (Wildman–Crippen MR) is 99.8 cm³/mol. The van der Waals surface area contributed by atoms with E-state index in [9.17, 15) is 13.2 Å². The first-order valence-electron chi connectivity index (χ1n) is 8.20. The Morgan fingerprint density at radius 2 is 1.73 bits per heavy atom. The number of sulfonamides is 1. The van der Waals surface area contributed by atoms with Crippen molar-refractivity contribution in [2.45, 2.75) is 17.9 Å². The van der Waals surface area contributed by atoms with Crippen molar-refractivity contribution in [2.24, 2.45) is 0 Å². The van der Waals surface area contributed by atoms with Crippen LogP contribution in [0.2, 0.25) is 0 Å². The zero-order valence-corrected chi connectivity index (χ0v) is 14.9. The van der Waals surface area contributed by atoms with Crippen molar-refractivity contribution in [3.05, 3.63) is 72.4 Å². The molecule has 0 bridgehead atoms. The van der Waals surface area contributed by atoms with E-state index in [1.54, 1.807) is 12.1 Å². The van der Waals surface area contributed by atoms with Crippen molar-refractivity contribution < 1.29 is 13.2 Å². The first kappa shape index (κ1) is 18.0. The number of carbonyl (C=O) groups is 1. The number of carbonyl (C=O) groups excluding carboxylic acids is 1. The molecule has 0 aliphatic rings. The highest BCUT2D eigenvalue weighted by molar-refractivity contribution is 7.89. The van der Waals surface area contributed by atoms with Gasteiger partial charge >= 0.3 is 0 Å². The average molecular weight is 369 g/mol. The summed E-state index contributed by atoms with van der Waals surface area (Å²) in [6.45, 7) is 0.441. The zero-order valence-electron chi connectivity index (χ0n) is 14.1. The maximum absolute atomic E-state index is 12.4.